The number of methoxy groups -OCH3 is 1. The van der Waals surface area contributed by atoms with E-state index in [4.69, 9.17) is 9.72 Å². The summed E-state index contributed by atoms with van der Waals surface area (Å²) in [5.41, 5.74) is 5.31. The Hall–Kier alpha value is -4.18. The van der Waals surface area contributed by atoms with E-state index in [0.29, 0.717) is 11.5 Å². The number of fused-ring (bicyclic) bond motifs is 2. The summed E-state index contributed by atoms with van der Waals surface area (Å²) >= 11 is 0. The Kier molecular flexibility index (Phi) is 4.99. The Balaban J connectivity index is 1.35. The molecule has 0 bridgehead atoms. The molecule has 0 spiro atoms. The number of piperazine rings is 1. The first-order chi connectivity index (χ1) is 16.7. The Labute approximate surface area is 196 Å². The SMILES string of the molecule is COc1cc(Nc2nc(-c3ccc4cn[nH]c4c3)cn3ncnc23)ccc1N1CCN(C)CC1. The molecular weight excluding hydrogens is 430 g/mol. The highest BCUT2D eigenvalue weighted by Gasteiger charge is 2.18. The van der Waals surface area contributed by atoms with Gasteiger partial charge in [-0.3, -0.25) is 5.10 Å². The summed E-state index contributed by atoms with van der Waals surface area (Å²) in [6.07, 6.45) is 5.21. The Bertz CT molecular complexity index is 1470. The largest absolute Gasteiger partial charge is 0.495 e. The van der Waals surface area contributed by atoms with Gasteiger partial charge in [0.15, 0.2) is 11.5 Å². The molecular formula is C24H25N9O. The van der Waals surface area contributed by atoms with Gasteiger partial charge >= 0.3 is 0 Å². The van der Waals surface area contributed by atoms with Crippen LogP contribution in [0.5, 0.6) is 5.75 Å². The number of hydrogen-bond acceptors (Lipinski definition) is 8. The quantitative estimate of drug-likeness (QED) is 0.417. The van der Waals surface area contributed by atoms with Gasteiger partial charge < -0.3 is 19.9 Å². The average Bonchev–Trinajstić information content (AvgIpc) is 3.53. The summed E-state index contributed by atoms with van der Waals surface area (Å²) < 4.78 is 7.48. The van der Waals surface area contributed by atoms with Crippen LogP contribution in [0.15, 0.2) is 55.1 Å². The summed E-state index contributed by atoms with van der Waals surface area (Å²) in [7, 11) is 3.86. The molecule has 1 aliphatic rings. The molecule has 0 radical (unpaired) electrons. The van der Waals surface area contributed by atoms with Crippen LogP contribution < -0.4 is 15.0 Å². The van der Waals surface area contributed by atoms with Gasteiger partial charge in [-0.2, -0.15) is 10.2 Å². The number of nitrogens with zero attached hydrogens (tertiary/aromatic N) is 7. The van der Waals surface area contributed by atoms with Crippen molar-refractivity contribution in [2.75, 3.05) is 50.6 Å². The van der Waals surface area contributed by atoms with E-state index in [0.717, 1.165) is 65.5 Å². The molecule has 10 heteroatoms. The first kappa shape index (κ1) is 20.4. The molecule has 3 aromatic heterocycles. The Morgan fingerprint density at radius 1 is 1.06 bits per heavy atom. The number of nitrogens with one attached hydrogen (secondary N) is 2. The zero-order valence-electron chi connectivity index (χ0n) is 19.1. The molecule has 1 saturated heterocycles. The van der Waals surface area contributed by atoms with Crippen molar-refractivity contribution in [2.24, 2.45) is 0 Å². The molecule has 5 aromatic rings. The van der Waals surface area contributed by atoms with Crippen LogP contribution in [0.3, 0.4) is 0 Å². The smallest absolute Gasteiger partial charge is 0.198 e. The zero-order chi connectivity index (χ0) is 23.1. The number of H-pyrrole nitrogens is 1. The van der Waals surface area contributed by atoms with Gasteiger partial charge in [0, 0.05) is 48.9 Å². The van der Waals surface area contributed by atoms with Crippen molar-refractivity contribution in [1.29, 1.82) is 0 Å². The Morgan fingerprint density at radius 2 is 1.94 bits per heavy atom. The second-order valence-electron chi connectivity index (χ2n) is 8.48. The van der Waals surface area contributed by atoms with Crippen molar-refractivity contribution < 1.29 is 4.74 Å². The van der Waals surface area contributed by atoms with Crippen LogP contribution in [0.1, 0.15) is 0 Å². The lowest BCUT2D eigenvalue weighted by Crippen LogP contribution is -2.44. The van der Waals surface area contributed by atoms with Crippen molar-refractivity contribution in [3.63, 3.8) is 0 Å². The normalized spacial score (nSPS) is 14.7. The van der Waals surface area contributed by atoms with Crippen LogP contribution in [-0.4, -0.2) is 75.0 Å². The second kappa shape index (κ2) is 8.31. The second-order valence-corrected chi connectivity index (χ2v) is 8.48. The topological polar surface area (TPSA) is 99.5 Å². The number of aromatic nitrogens is 6. The predicted molar refractivity (Wildman–Crippen MR) is 132 cm³/mol. The number of aromatic amines is 1. The summed E-state index contributed by atoms with van der Waals surface area (Å²) in [4.78, 5) is 14.0. The lowest BCUT2D eigenvalue weighted by molar-refractivity contribution is 0.311. The lowest BCUT2D eigenvalue weighted by Gasteiger charge is -2.34. The lowest BCUT2D eigenvalue weighted by atomic mass is 10.1. The van der Waals surface area contributed by atoms with Crippen LogP contribution in [0.2, 0.25) is 0 Å². The van der Waals surface area contributed by atoms with Gasteiger partial charge in [-0.25, -0.2) is 14.5 Å². The fourth-order valence-corrected chi connectivity index (χ4v) is 4.35. The van der Waals surface area contributed by atoms with E-state index in [-0.39, 0.29) is 0 Å². The molecule has 1 fully saturated rings. The van der Waals surface area contributed by atoms with E-state index in [9.17, 15) is 0 Å². The maximum absolute atomic E-state index is 5.74. The van der Waals surface area contributed by atoms with Crippen LogP contribution >= 0.6 is 0 Å². The van der Waals surface area contributed by atoms with E-state index >= 15 is 0 Å². The van der Waals surface area contributed by atoms with E-state index in [1.165, 1.54) is 6.33 Å². The van der Waals surface area contributed by atoms with E-state index in [2.05, 4.69) is 48.5 Å². The molecule has 0 atom stereocenters. The summed E-state index contributed by atoms with van der Waals surface area (Å²) in [6.45, 7) is 4.03. The first-order valence-corrected chi connectivity index (χ1v) is 11.2. The highest BCUT2D eigenvalue weighted by molar-refractivity contribution is 5.84. The Morgan fingerprint density at radius 3 is 2.79 bits per heavy atom. The van der Waals surface area contributed by atoms with Gasteiger partial charge in [0.05, 0.1) is 36.4 Å². The number of likely N-dealkylation sites (N-methyl/N-ethyl adjacent to an activating group) is 1. The molecule has 4 heterocycles. The van der Waals surface area contributed by atoms with Gasteiger partial charge in [0.1, 0.15) is 12.1 Å². The number of rotatable bonds is 5. The number of hydrogen-bond donors (Lipinski definition) is 2. The third kappa shape index (κ3) is 3.67. The molecule has 10 nitrogen and oxygen atoms in total. The molecule has 34 heavy (non-hydrogen) atoms. The fourth-order valence-electron chi connectivity index (χ4n) is 4.35. The minimum absolute atomic E-state index is 0.620. The van der Waals surface area contributed by atoms with Gasteiger partial charge in [-0.1, -0.05) is 12.1 Å². The number of benzene rings is 2. The minimum Gasteiger partial charge on any atom is -0.495 e. The molecule has 2 aromatic carbocycles. The first-order valence-electron chi connectivity index (χ1n) is 11.2. The molecule has 6 rings (SSSR count). The molecule has 2 N–H and O–H groups in total. The van der Waals surface area contributed by atoms with Gasteiger partial charge in [-0.15, -0.1) is 0 Å². The predicted octanol–water partition coefficient (Wildman–Crippen LogP) is 3.17. The summed E-state index contributed by atoms with van der Waals surface area (Å²) in [5, 5.41) is 15.9. The zero-order valence-corrected chi connectivity index (χ0v) is 19.1. The third-order valence-corrected chi connectivity index (χ3v) is 6.29. The van der Waals surface area contributed by atoms with Crippen LogP contribution in [0.4, 0.5) is 17.2 Å². The van der Waals surface area contributed by atoms with Gasteiger partial charge in [0.25, 0.3) is 0 Å². The maximum atomic E-state index is 5.74. The number of anilines is 3. The molecule has 0 saturated carbocycles. The molecule has 0 aliphatic carbocycles. The number of ether oxygens (including phenoxy) is 1. The monoisotopic (exact) mass is 455 g/mol. The van der Waals surface area contributed by atoms with Crippen molar-refractivity contribution in [1.82, 2.24) is 34.7 Å². The summed E-state index contributed by atoms with van der Waals surface area (Å²) in [5.74, 6) is 1.45. The van der Waals surface area contributed by atoms with Crippen molar-refractivity contribution in [3.05, 3.63) is 55.1 Å². The van der Waals surface area contributed by atoms with E-state index in [1.54, 1.807) is 17.8 Å². The van der Waals surface area contributed by atoms with Crippen molar-refractivity contribution >= 4 is 33.7 Å². The third-order valence-electron chi connectivity index (χ3n) is 6.29. The van der Waals surface area contributed by atoms with Crippen LogP contribution in [0, 0.1) is 0 Å². The van der Waals surface area contributed by atoms with Crippen molar-refractivity contribution in [2.45, 2.75) is 0 Å². The van der Waals surface area contributed by atoms with Gasteiger partial charge in [-0.05, 0) is 25.2 Å². The average molecular weight is 456 g/mol. The van der Waals surface area contributed by atoms with Crippen molar-refractivity contribution in [3.8, 4) is 17.0 Å². The van der Waals surface area contributed by atoms with Crippen LogP contribution in [-0.2, 0) is 0 Å². The highest BCUT2D eigenvalue weighted by atomic mass is 16.5. The van der Waals surface area contributed by atoms with Crippen LogP contribution in [0.25, 0.3) is 27.8 Å². The molecule has 1 aliphatic heterocycles. The maximum Gasteiger partial charge on any atom is 0.198 e. The highest BCUT2D eigenvalue weighted by Crippen LogP contribution is 2.33. The molecule has 0 amide bonds. The van der Waals surface area contributed by atoms with E-state index < -0.39 is 0 Å². The van der Waals surface area contributed by atoms with E-state index in [1.807, 2.05) is 36.5 Å². The standard InChI is InChI=1S/C24H25N9O/c1-31-7-9-32(10-8-31)21-6-5-18(12-22(21)34-2)28-23-24-25-15-27-33(24)14-20(29-23)16-3-4-17-13-26-30-19(17)11-16/h3-6,11-15H,7-10H2,1-2H3,(H,26,30)(H,28,29). The molecule has 0 unspecified atom stereocenters. The summed E-state index contributed by atoms with van der Waals surface area (Å²) in [6, 6.07) is 12.2. The fraction of sp³-hybridized carbons (Fsp3) is 0.250. The molecule has 172 valence electrons. The van der Waals surface area contributed by atoms with Gasteiger partial charge in [0.2, 0.25) is 0 Å². The minimum atomic E-state index is 0.620.